The summed E-state index contributed by atoms with van der Waals surface area (Å²) in [5.41, 5.74) is 0.335. The Kier molecular flexibility index (Phi) is 5.69. The topological polar surface area (TPSA) is 61.6 Å². The van der Waals surface area contributed by atoms with E-state index in [2.05, 4.69) is 24.0 Å². The summed E-state index contributed by atoms with van der Waals surface area (Å²) < 4.78 is 1.83. The highest BCUT2D eigenvalue weighted by molar-refractivity contribution is 5.76. The SMILES string of the molecule is CN(C[C@H]1C[C@]2(C)[C@@H](CCCC[C@]2(C)O)N1C)C(=O)CCc1ccnn1C. The summed E-state index contributed by atoms with van der Waals surface area (Å²) in [6, 6.07) is 2.66. The van der Waals surface area contributed by atoms with Gasteiger partial charge in [0.15, 0.2) is 0 Å². The number of fused-ring (bicyclic) bond motifs is 1. The lowest BCUT2D eigenvalue weighted by atomic mass is 9.67. The molecule has 1 aliphatic heterocycles. The molecule has 0 radical (unpaired) electrons. The second kappa shape index (κ2) is 7.55. The molecule has 4 atom stereocenters. The van der Waals surface area contributed by atoms with Crippen LogP contribution in [0.2, 0.25) is 0 Å². The predicted octanol–water partition coefficient (Wildman–Crippen LogP) is 2.22. The second-order valence-corrected chi connectivity index (χ2v) is 9.20. The molecular weight excluding hydrogens is 340 g/mol. The number of aryl methyl sites for hydroxylation is 2. The summed E-state index contributed by atoms with van der Waals surface area (Å²) in [5.74, 6) is 0.175. The summed E-state index contributed by atoms with van der Waals surface area (Å²) in [6.07, 6.45) is 8.23. The molecule has 152 valence electrons. The smallest absolute Gasteiger partial charge is 0.222 e. The molecule has 1 aromatic heterocycles. The maximum absolute atomic E-state index is 12.6. The number of hydrogen-bond donors (Lipinski definition) is 1. The minimum absolute atomic E-state index is 0.110. The summed E-state index contributed by atoms with van der Waals surface area (Å²) in [5, 5.41) is 15.3. The van der Waals surface area contributed by atoms with Gasteiger partial charge in [-0.15, -0.1) is 0 Å². The van der Waals surface area contributed by atoms with Crippen LogP contribution in [0.4, 0.5) is 0 Å². The van der Waals surface area contributed by atoms with Gasteiger partial charge in [0.05, 0.1) is 5.60 Å². The maximum Gasteiger partial charge on any atom is 0.222 e. The van der Waals surface area contributed by atoms with Gasteiger partial charge in [0.1, 0.15) is 0 Å². The number of amides is 1. The number of likely N-dealkylation sites (N-methyl/N-ethyl adjacent to an activating group) is 2. The third kappa shape index (κ3) is 3.79. The van der Waals surface area contributed by atoms with E-state index in [1.807, 2.05) is 36.7 Å². The fraction of sp³-hybridized carbons (Fsp3) is 0.810. The Labute approximate surface area is 163 Å². The van der Waals surface area contributed by atoms with Gasteiger partial charge in [-0.2, -0.15) is 5.10 Å². The van der Waals surface area contributed by atoms with Crippen molar-refractivity contribution in [3.05, 3.63) is 18.0 Å². The van der Waals surface area contributed by atoms with Crippen molar-refractivity contribution >= 4 is 5.91 Å². The van der Waals surface area contributed by atoms with Crippen molar-refractivity contribution in [2.75, 3.05) is 20.6 Å². The van der Waals surface area contributed by atoms with E-state index in [-0.39, 0.29) is 11.3 Å². The van der Waals surface area contributed by atoms with Crippen LogP contribution >= 0.6 is 0 Å². The Morgan fingerprint density at radius 2 is 2.11 bits per heavy atom. The highest BCUT2D eigenvalue weighted by Crippen LogP contribution is 2.52. The zero-order chi connectivity index (χ0) is 19.8. The highest BCUT2D eigenvalue weighted by atomic mass is 16.3. The predicted molar refractivity (Wildman–Crippen MR) is 106 cm³/mol. The summed E-state index contributed by atoms with van der Waals surface area (Å²) >= 11 is 0. The van der Waals surface area contributed by atoms with Crippen LogP contribution < -0.4 is 0 Å². The van der Waals surface area contributed by atoms with Crippen LogP contribution in [-0.2, 0) is 18.3 Å². The third-order valence-corrected chi connectivity index (χ3v) is 7.51. The first-order valence-electron chi connectivity index (χ1n) is 10.3. The molecule has 1 saturated heterocycles. The molecule has 0 bridgehead atoms. The number of carbonyl (C=O) groups is 1. The largest absolute Gasteiger partial charge is 0.390 e. The van der Waals surface area contributed by atoms with E-state index in [1.54, 1.807) is 6.20 Å². The molecule has 2 heterocycles. The molecule has 6 heteroatoms. The molecule has 0 spiro atoms. The number of likely N-dealkylation sites (tertiary alicyclic amines) is 1. The van der Waals surface area contributed by atoms with Crippen LogP contribution in [0.25, 0.3) is 0 Å². The van der Waals surface area contributed by atoms with Crippen molar-refractivity contribution in [2.45, 2.75) is 76.5 Å². The van der Waals surface area contributed by atoms with Gasteiger partial charge in [0.2, 0.25) is 5.91 Å². The lowest BCUT2D eigenvalue weighted by molar-refractivity contribution is -0.130. The van der Waals surface area contributed by atoms with E-state index in [1.165, 1.54) is 6.42 Å². The first-order valence-corrected chi connectivity index (χ1v) is 10.3. The van der Waals surface area contributed by atoms with Gasteiger partial charge in [-0.05, 0) is 45.7 Å². The van der Waals surface area contributed by atoms with Crippen molar-refractivity contribution in [3.8, 4) is 0 Å². The first kappa shape index (κ1) is 20.3. The zero-order valence-electron chi connectivity index (χ0n) is 17.6. The van der Waals surface area contributed by atoms with Crippen LogP contribution in [-0.4, -0.2) is 68.9 Å². The number of aliphatic hydroxyl groups is 1. The van der Waals surface area contributed by atoms with E-state index in [0.29, 0.717) is 18.5 Å². The quantitative estimate of drug-likeness (QED) is 0.856. The molecule has 1 amide bonds. The number of aromatic nitrogens is 2. The molecule has 1 saturated carbocycles. The number of carbonyl (C=O) groups excluding carboxylic acids is 1. The average molecular weight is 377 g/mol. The van der Waals surface area contributed by atoms with Crippen LogP contribution in [0, 0.1) is 5.41 Å². The van der Waals surface area contributed by atoms with E-state index < -0.39 is 5.60 Å². The Bertz CT molecular complexity index is 671. The molecule has 1 aromatic rings. The highest BCUT2D eigenvalue weighted by Gasteiger charge is 2.57. The van der Waals surface area contributed by atoms with Gasteiger partial charge in [-0.3, -0.25) is 14.4 Å². The van der Waals surface area contributed by atoms with Gasteiger partial charge in [-0.25, -0.2) is 0 Å². The lowest BCUT2D eigenvalue weighted by Gasteiger charge is -2.43. The minimum atomic E-state index is -0.640. The molecule has 1 N–H and O–H groups in total. The van der Waals surface area contributed by atoms with Crippen molar-refractivity contribution in [2.24, 2.45) is 12.5 Å². The second-order valence-electron chi connectivity index (χ2n) is 9.20. The van der Waals surface area contributed by atoms with Gasteiger partial charge in [-0.1, -0.05) is 19.8 Å². The standard InChI is InChI=1S/C21H36N4O2/c1-20-14-17(24(4)18(20)8-6-7-12-21(20,2)27)15-23(3)19(26)10-9-16-11-13-22-25(16)5/h11,13,17-18,27H,6-10,12,14-15H2,1-5H3/t17-,18-,20-,21+/m1/s1. The third-order valence-electron chi connectivity index (χ3n) is 7.51. The van der Waals surface area contributed by atoms with Crippen molar-refractivity contribution in [1.82, 2.24) is 19.6 Å². The molecule has 2 fully saturated rings. The van der Waals surface area contributed by atoms with Crippen LogP contribution in [0.1, 0.15) is 58.1 Å². The van der Waals surface area contributed by atoms with Crippen molar-refractivity contribution < 1.29 is 9.90 Å². The summed E-state index contributed by atoms with van der Waals surface area (Å²) in [4.78, 5) is 17.0. The van der Waals surface area contributed by atoms with E-state index in [9.17, 15) is 9.90 Å². The lowest BCUT2D eigenvalue weighted by Crippen LogP contribution is -2.50. The number of nitrogens with zero attached hydrogens (tertiary/aromatic N) is 4. The normalized spacial score (nSPS) is 34.3. The van der Waals surface area contributed by atoms with E-state index in [4.69, 9.17) is 0 Å². The minimum Gasteiger partial charge on any atom is -0.390 e. The van der Waals surface area contributed by atoms with E-state index in [0.717, 1.165) is 44.3 Å². The van der Waals surface area contributed by atoms with Crippen molar-refractivity contribution in [1.29, 1.82) is 0 Å². The zero-order valence-corrected chi connectivity index (χ0v) is 17.6. The number of hydrogen-bond acceptors (Lipinski definition) is 4. The molecule has 0 aromatic carbocycles. The number of rotatable bonds is 5. The Hall–Kier alpha value is -1.40. The van der Waals surface area contributed by atoms with Gasteiger partial charge < -0.3 is 10.0 Å². The maximum atomic E-state index is 12.6. The molecular formula is C21H36N4O2. The average Bonchev–Trinajstić information content (AvgIpc) is 3.08. The summed E-state index contributed by atoms with van der Waals surface area (Å²) in [7, 11) is 6.00. The van der Waals surface area contributed by atoms with Gasteiger partial charge >= 0.3 is 0 Å². The van der Waals surface area contributed by atoms with Gasteiger partial charge in [0.25, 0.3) is 0 Å². The monoisotopic (exact) mass is 376 g/mol. The van der Waals surface area contributed by atoms with Crippen molar-refractivity contribution in [3.63, 3.8) is 0 Å². The van der Waals surface area contributed by atoms with Gasteiger partial charge in [0, 0.05) is 56.5 Å². The van der Waals surface area contributed by atoms with Crippen LogP contribution in [0.3, 0.4) is 0 Å². The Morgan fingerprint density at radius 1 is 1.37 bits per heavy atom. The van der Waals surface area contributed by atoms with Crippen LogP contribution in [0.15, 0.2) is 12.3 Å². The summed E-state index contributed by atoms with van der Waals surface area (Å²) in [6.45, 7) is 5.00. The Balaban J connectivity index is 1.62. The molecule has 0 unspecified atom stereocenters. The molecule has 27 heavy (non-hydrogen) atoms. The Morgan fingerprint density at radius 3 is 2.78 bits per heavy atom. The van der Waals surface area contributed by atoms with Crippen LogP contribution in [0.5, 0.6) is 0 Å². The fourth-order valence-electron chi connectivity index (χ4n) is 5.35. The fourth-order valence-corrected chi connectivity index (χ4v) is 5.35. The molecule has 6 nitrogen and oxygen atoms in total. The molecule has 1 aliphatic carbocycles. The molecule has 2 aliphatic rings. The molecule has 3 rings (SSSR count). The van der Waals surface area contributed by atoms with E-state index >= 15 is 0 Å². The first-order chi connectivity index (χ1) is 12.7.